The minimum atomic E-state index is -3.42. The second-order valence-electron chi connectivity index (χ2n) is 6.73. The molecule has 3 heterocycles. The van der Waals surface area contributed by atoms with Crippen molar-refractivity contribution in [2.24, 2.45) is 0 Å². The highest BCUT2D eigenvalue weighted by atomic mass is 32.2. The predicted octanol–water partition coefficient (Wildman–Crippen LogP) is 3.87. The topological polar surface area (TPSA) is 66.1 Å². The van der Waals surface area contributed by atoms with Crippen molar-refractivity contribution >= 4 is 26.6 Å². The molecule has 0 unspecified atom stereocenters. The minimum absolute atomic E-state index is 0.0260. The molecule has 1 N–H and O–H groups in total. The first-order chi connectivity index (χ1) is 12.8. The first kappa shape index (κ1) is 17.9. The number of fused-ring (bicyclic) bond motifs is 1. The Bertz CT molecular complexity index is 1080. The first-order valence-electron chi connectivity index (χ1n) is 8.73. The molecule has 0 amide bonds. The Morgan fingerprint density at radius 2 is 2.07 bits per heavy atom. The number of aromatic nitrogens is 2. The number of hydrogen-bond acceptors (Lipinski definition) is 4. The van der Waals surface area contributed by atoms with Crippen LogP contribution < -0.4 is 4.90 Å². The number of H-pyrrole nitrogens is 1. The van der Waals surface area contributed by atoms with Gasteiger partial charge in [0.2, 0.25) is 0 Å². The SMILES string of the molecule is CCS(=O)(=O)c1ccc(N2CCC(F)(F)C2)c(-c2cc3ncccc3[nH]2)c1. The number of alkyl halides is 2. The third-order valence-electron chi connectivity index (χ3n) is 4.90. The van der Waals surface area contributed by atoms with E-state index < -0.39 is 15.8 Å². The zero-order valence-electron chi connectivity index (χ0n) is 14.7. The molecule has 1 saturated heterocycles. The summed E-state index contributed by atoms with van der Waals surface area (Å²) in [6.45, 7) is 1.42. The zero-order chi connectivity index (χ0) is 19.2. The molecule has 0 saturated carbocycles. The van der Waals surface area contributed by atoms with E-state index >= 15 is 0 Å². The number of sulfone groups is 1. The van der Waals surface area contributed by atoms with Crippen molar-refractivity contribution in [2.75, 3.05) is 23.7 Å². The van der Waals surface area contributed by atoms with E-state index in [9.17, 15) is 17.2 Å². The van der Waals surface area contributed by atoms with Crippen molar-refractivity contribution in [1.82, 2.24) is 9.97 Å². The van der Waals surface area contributed by atoms with Crippen molar-refractivity contribution in [2.45, 2.75) is 24.2 Å². The average molecular weight is 391 g/mol. The summed E-state index contributed by atoms with van der Waals surface area (Å²) in [4.78, 5) is 9.29. The van der Waals surface area contributed by atoms with Gasteiger partial charge in [-0.2, -0.15) is 0 Å². The molecule has 0 bridgehead atoms. The van der Waals surface area contributed by atoms with Crippen molar-refractivity contribution in [1.29, 1.82) is 0 Å². The predicted molar refractivity (Wildman–Crippen MR) is 101 cm³/mol. The van der Waals surface area contributed by atoms with Gasteiger partial charge in [-0.3, -0.25) is 4.98 Å². The average Bonchev–Trinajstić information content (AvgIpc) is 3.24. The van der Waals surface area contributed by atoms with Gasteiger partial charge in [0.15, 0.2) is 9.84 Å². The van der Waals surface area contributed by atoms with Crippen LogP contribution in [0, 0.1) is 0 Å². The zero-order valence-corrected chi connectivity index (χ0v) is 15.6. The van der Waals surface area contributed by atoms with Gasteiger partial charge < -0.3 is 9.88 Å². The number of anilines is 1. The van der Waals surface area contributed by atoms with E-state index in [0.29, 0.717) is 16.9 Å². The molecule has 8 heteroatoms. The molecule has 0 spiro atoms. The van der Waals surface area contributed by atoms with E-state index in [-0.39, 0.29) is 30.2 Å². The summed E-state index contributed by atoms with van der Waals surface area (Å²) in [6, 6.07) is 10.2. The highest BCUT2D eigenvalue weighted by Gasteiger charge is 2.39. The maximum absolute atomic E-state index is 13.7. The Hall–Kier alpha value is -2.48. The number of pyridine rings is 1. The summed E-state index contributed by atoms with van der Waals surface area (Å²) in [6.07, 6.45) is 1.45. The Morgan fingerprint density at radius 3 is 2.74 bits per heavy atom. The number of nitrogens with one attached hydrogen (secondary N) is 1. The van der Waals surface area contributed by atoms with E-state index in [1.807, 2.05) is 12.1 Å². The van der Waals surface area contributed by atoms with Crippen LogP contribution >= 0.6 is 0 Å². The normalized spacial score (nSPS) is 16.9. The maximum atomic E-state index is 13.7. The number of benzene rings is 1. The quantitative estimate of drug-likeness (QED) is 0.733. The van der Waals surface area contributed by atoms with Crippen molar-refractivity contribution in [3.05, 3.63) is 42.6 Å². The molecule has 2 aromatic heterocycles. The Kier molecular flexibility index (Phi) is 4.18. The molecular weight excluding hydrogens is 372 g/mol. The van der Waals surface area contributed by atoms with Crippen LogP contribution in [0.15, 0.2) is 47.5 Å². The van der Waals surface area contributed by atoms with Crippen LogP contribution in [0.4, 0.5) is 14.5 Å². The highest BCUT2D eigenvalue weighted by molar-refractivity contribution is 7.91. The lowest BCUT2D eigenvalue weighted by Crippen LogP contribution is -2.25. The fourth-order valence-corrected chi connectivity index (χ4v) is 4.32. The Morgan fingerprint density at radius 1 is 1.26 bits per heavy atom. The fourth-order valence-electron chi connectivity index (χ4n) is 3.41. The summed E-state index contributed by atoms with van der Waals surface area (Å²) in [5.41, 5.74) is 3.36. The molecule has 1 aliphatic rings. The van der Waals surface area contributed by atoms with E-state index in [2.05, 4.69) is 9.97 Å². The van der Waals surface area contributed by atoms with Crippen LogP contribution in [0.25, 0.3) is 22.3 Å². The van der Waals surface area contributed by atoms with Crippen LogP contribution in [-0.4, -0.2) is 43.2 Å². The standard InChI is InChI=1S/C19H19F2N3O2S/c1-2-27(25,26)13-5-6-18(24-9-7-19(20,21)12-24)14(10-13)16-11-17-15(23-16)4-3-8-22-17/h3-6,8,10-11,23H,2,7,9,12H2,1H3. The molecule has 0 aliphatic carbocycles. The van der Waals surface area contributed by atoms with Gasteiger partial charge in [0.05, 0.1) is 33.9 Å². The molecule has 0 atom stereocenters. The fraction of sp³-hybridized carbons (Fsp3) is 0.316. The molecule has 142 valence electrons. The number of aromatic amines is 1. The molecule has 27 heavy (non-hydrogen) atoms. The molecule has 4 rings (SSSR count). The van der Waals surface area contributed by atoms with Gasteiger partial charge >= 0.3 is 0 Å². The monoisotopic (exact) mass is 391 g/mol. The van der Waals surface area contributed by atoms with Gasteiger partial charge in [0.25, 0.3) is 5.92 Å². The van der Waals surface area contributed by atoms with Crippen LogP contribution in [0.1, 0.15) is 13.3 Å². The molecule has 3 aromatic rings. The van der Waals surface area contributed by atoms with E-state index in [1.54, 1.807) is 36.2 Å². The van der Waals surface area contributed by atoms with Gasteiger partial charge in [0.1, 0.15) is 0 Å². The largest absolute Gasteiger partial charge is 0.365 e. The number of hydrogen-bond donors (Lipinski definition) is 1. The van der Waals surface area contributed by atoms with Gasteiger partial charge in [-0.05, 0) is 36.4 Å². The molecule has 0 radical (unpaired) electrons. The molecule has 1 aliphatic heterocycles. The van der Waals surface area contributed by atoms with Crippen LogP contribution in [0.5, 0.6) is 0 Å². The van der Waals surface area contributed by atoms with Crippen LogP contribution in [0.3, 0.4) is 0 Å². The Labute approximate surface area is 155 Å². The van der Waals surface area contributed by atoms with Crippen molar-refractivity contribution in [3.63, 3.8) is 0 Å². The van der Waals surface area contributed by atoms with E-state index in [0.717, 1.165) is 11.0 Å². The number of rotatable bonds is 4. The summed E-state index contributed by atoms with van der Waals surface area (Å²) in [7, 11) is -3.42. The summed E-state index contributed by atoms with van der Waals surface area (Å²) in [5.74, 6) is -2.77. The lowest BCUT2D eigenvalue weighted by molar-refractivity contribution is 0.0257. The first-order valence-corrected chi connectivity index (χ1v) is 10.4. The molecular formula is C19H19F2N3O2S. The van der Waals surface area contributed by atoms with Crippen molar-refractivity contribution in [3.8, 4) is 11.3 Å². The van der Waals surface area contributed by atoms with E-state index in [1.165, 1.54) is 6.07 Å². The molecule has 1 aromatic carbocycles. The molecule has 1 fully saturated rings. The number of nitrogens with zero attached hydrogens (tertiary/aromatic N) is 2. The summed E-state index contributed by atoms with van der Waals surface area (Å²) >= 11 is 0. The van der Waals surface area contributed by atoms with Gasteiger partial charge in [-0.25, -0.2) is 17.2 Å². The van der Waals surface area contributed by atoms with Crippen LogP contribution in [-0.2, 0) is 9.84 Å². The summed E-state index contributed by atoms with van der Waals surface area (Å²) < 4.78 is 52.2. The second-order valence-corrected chi connectivity index (χ2v) is 9.01. The smallest absolute Gasteiger partial charge is 0.266 e. The lowest BCUT2D eigenvalue weighted by atomic mass is 10.1. The minimum Gasteiger partial charge on any atom is -0.365 e. The second kappa shape index (κ2) is 6.30. The molecule has 5 nitrogen and oxygen atoms in total. The van der Waals surface area contributed by atoms with Gasteiger partial charge in [-0.1, -0.05) is 6.92 Å². The van der Waals surface area contributed by atoms with Gasteiger partial charge in [0, 0.05) is 30.4 Å². The Balaban J connectivity index is 1.89. The summed E-state index contributed by atoms with van der Waals surface area (Å²) in [5, 5.41) is 0. The van der Waals surface area contributed by atoms with E-state index in [4.69, 9.17) is 0 Å². The number of halogens is 2. The van der Waals surface area contributed by atoms with Crippen LogP contribution in [0.2, 0.25) is 0 Å². The highest BCUT2D eigenvalue weighted by Crippen LogP contribution is 2.38. The van der Waals surface area contributed by atoms with Crippen molar-refractivity contribution < 1.29 is 17.2 Å². The third-order valence-corrected chi connectivity index (χ3v) is 6.63. The third kappa shape index (κ3) is 3.29. The maximum Gasteiger partial charge on any atom is 0.266 e. The lowest BCUT2D eigenvalue weighted by Gasteiger charge is -2.22. The van der Waals surface area contributed by atoms with Gasteiger partial charge in [-0.15, -0.1) is 0 Å².